The SMILES string of the molecule is CCSCCNC(C)(C)CCc1ccccc1. The summed E-state index contributed by atoms with van der Waals surface area (Å²) in [7, 11) is 0. The molecule has 0 aromatic heterocycles. The van der Waals surface area contributed by atoms with Gasteiger partial charge >= 0.3 is 0 Å². The van der Waals surface area contributed by atoms with Crippen LogP contribution in [0.15, 0.2) is 30.3 Å². The molecule has 0 aliphatic heterocycles. The summed E-state index contributed by atoms with van der Waals surface area (Å²) in [5, 5.41) is 3.64. The van der Waals surface area contributed by atoms with Crippen LogP contribution in [-0.4, -0.2) is 23.6 Å². The standard InChI is InChI=1S/C15H25NS/c1-4-17-13-12-16-15(2,3)11-10-14-8-6-5-7-9-14/h5-9,16H,4,10-13H2,1-3H3. The quantitative estimate of drug-likeness (QED) is 0.706. The number of benzene rings is 1. The van der Waals surface area contributed by atoms with Crippen LogP contribution in [0, 0.1) is 0 Å². The molecule has 0 radical (unpaired) electrons. The Balaban J connectivity index is 2.24. The van der Waals surface area contributed by atoms with Crippen LogP contribution in [-0.2, 0) is 6.42 Å². The fourth-order valence-electron chi connectivity index (χ4n) is 1.80. The largest absolute Gasteiger partial charge is 0.311 e. The van der Waals surface area contributed by atoms with E-state index in [9.17, 15) is 0 Å². The Morgan fingerprint density at radius 3 is 2.53 bits per heavy atom. The van der Waals surface area contributed by atoms with E-state index in [1.54, 1.807) is 0 Å². The van der Waals surface area contributed by atoms with Crippen molar-refractivity contribution in [3.63, 3.8) is 0 Å². The summed E-state index contributed by atoms with van der Waals surface area (Å²) in [5.41, 5.74) is 1.68. The molecule has 1 rings (SSSR count). The van der Waals surface area contributed by atoms with E-state index in [1.165, 1.54) is 23.5 Å². The molecule has 96 valence electrons. The topological polar surface area (TPSA) is 12.0 Å². The Bertz CT molecular complexity index is 295. The first-order valence-electron chi connectivity index (χ1n) is 6.51. The number of rotatable bonds is 8. The van der Waals surface area contributed by atoms with E-state index in [0.29, 0.717) is 0 Å². The van der Waals surface area contributed by atoms with Crippen molar-refractivity contribution in [3.05, 3.63) is 35.9 Å². The van der Waals surface area contributed by atoms with Crippen molar-refractivity contribution in [2.24, 2.45) is 0 Å². The van der Waals surface area contributed by atoms with Gasteiger partial charge in [0.05, 0.1) is 0 Å². The van der Waals surface area contributed by atoms with Crippen LogP contribution in [0.5, 0.6) is 0 Å². The van der Waals surface area contributed by atoms with Gasteiger partial charge in [-0.2, -0.15) is 11.8 Å². The molecule has 0 amide bonds. The molecule has 2 heteroatoms. The van der Waals surface area contributed by atoms with E-state index >= 15 is 0 Å². The predicted octanol–water partition coefficient (Wildman–Crippen LogP) is 3.74. The Kier molecular flexibility index (Phi) is 6.68. The van der Waals surface area contributed by atoms with Crippen molar-refractivity contribution >= 4 is 11.8 Å². The lowest BCUT2D eigenvalue weighted by molar-refractivity contribution is 0.373. The third-order valence-corrected chi connectivity index (χ3v) is 3.84. The molecule has 0 aliphatic carbocycles. The van der Waals surface area contributed by atoms with Gasteiger partial charge in [-0.1, -0.05) is 37.3 Å². The molecule has 0 saturated heterocycles. The molecular formula is C15H25NS. The molecular weight excluding hydrogens is 226 g/mol. The van der Waals surface area contributed by atoms with Crippen LogP contribution in [0.2, 0.25) is 0 Å². The Labute approximate surface area is 110 Å². The maximum absolute atomic E-state index is 3.64. The number of thioether (sulfide) groups is 1. The molecule has 1 aromatic carbocycles. The fourth-order valence-corrected chi connectivity index (χ4v) is 2.33. The molecule has 0 aliphatic rings. The van der Waals surface area contributed by atoms with Crippen LogP contribution in [0.3, 0.4) is 0 Å². The maximum Gasteiger partial charge on any atom is 0.0128 e. The van der Waals surface area contributed by atoms with Gasteiger partial charge in [0.25, 0.3) is 0 Å². The highest BCUT2D eigenvalue weighted by atomic mass is 32.2. The first kappa shape index (κ1) is 14.6. The average molecular weight is 251 g/mol. The van der Waals surface area contributed by atoms with Crippen LogP contribution in [0.25, 0.3) is 0 Å². The zero-order valence-corrected chi connectivity index (χ0v) is 12.1. The summed E-state index contributed by atoms with van der Waals surface area (Å²) >= 11 is 2.00. The molecule has 0 fully saturated rings. The van der Waals surface area contributed by atoms with Crippen molar-refractivity contribution in [1.29, 1.82) is 0 Å². The van der Waals surface area contributed by atoms with Crippen LogP contribution < -0.4 is 5.32 Å². The van der Waals surface area contributed by atoms with Crippen molar-refractivity contribution in [2.75, 3.05) is 18.1 Å². The number of nitrogens with one attached hydrogen (secondary N) is 1. The lowest BCUT2D eigenvalue weighted by Gasteiger charge is -2.26. The molecule has 1 nitrogen and oxygen atoms in total. The third kappa shape index (κ3) is 6.75. The second-order valence-corrected chi connectivity index (χ2v) is 6.39. The number of aryl methyl sites for hydroxylation is 1. The van der Waals surface area contributed by atoms with Gasteiger partial charge in [0.2, 0.25) is 0 Å². The number of hydrogen-bond acceptors (Lipinski definition) is 2. The molecule has 0 saturated carbocycles. The second-order valence-electron chi connectivity index (χ2n) is 4.99. The lowest BCUT2D eigenvalue weighted by atomic mass is 9.95. The van der Waals surface area contributed by atoms with Gasteiger partial charge < -0.3 is 5.32 Å². The van der Waals surface area contributed by atoms with E-state index in [2.05, 4.69) is 56.4 Å². The van der Waals surface area contributed by atoms with Gasteiger partial charge in [-0.15, -0.1) is 0 Å². The predicted molar refractivity (Wildman–Crippen MR) is 79.8 cm³/mol. The van der Waals surface area contributed by atoms with E-state index in [-0.39, 0.29) is 5.54 Å². The molecule has 17 heavy (non-hydrogen) atoms. The highest BCUT2D eigenvalue weighted by molar-refractivity contribution is 7.99. The van der Waals surface area contributed by atoms with Crippen molar-refractivity contribution in [1.82, 2.24) is 5.32 Å². The zero-order chi connectivity index (χ0) is 12.6. The van der Waals surface area contributed by atoms with Gasteiger partial charge in [0, 0.05) is 17.8 Å². The molecule has 1 N–H and O–H groups in total. The highest BCUT2D eigenvalue weighted by Crippen LogP contribution is 2.13. The van der Waals surface area contributed by atoms with Gasteiger partial charge in [-0.25, -0.2) is 0 Å². The van der Waals surface area contributed by atoms with Crippen molar-refractivity contribution in [2.45, 2.75) is 39.2 Å². The van der Waals surface area contributed by atoms with Gasteiger partial charge in [0.15, 0.2) is 0 Å². The highest BCUT2D eigenvalue weighted by Gasteiger charge is 2.15. The summed E-state index contributed by atoms with van der Waals surface area (Å²) in [6.07, 6.45) is 2.34. The summed E-state index contributed by atoms with van der Waals surface area (Å²) < 4.78 is 0. The van der Waals surface area contributed by atoms with Crippen LogP contribution >= 0.6 is 11.8 Å². The molecule has 0 unspecified atom stereocenters. The smallest absolute Gasteiger partial charge is 0.0128 e. The maximum atomic E-state index is 3.64. The minimum absolute atomic E-state index is 0.240. The van der Waals surface area contributed by atoms with Gasteiger partial charge in [-0.05, 0) is 38.0 Å². The molecule has 1 aromatic rings. The Morgan fingerprint density at radius 2 is 1.88 bits per heavy atom. The van der Waals surface area contributed by atoms with Gasteiger partial charge in [-0.3, -0.25) is 0 Å². The normalized spacial score (nSPS) is 11.7. The van der Waals surface area contributed by atoms with E-state index in [4.69, 9.17) is 0 Å². The van der Waals surface area contributed by atoms with E-state index < -0.39 is 0 Å². The zero-order valence-electron chi connectivity index (χ0n) is 11.3. The van der Waals surface area contributed by atoms with Crippen LogP contribution in [0.4, 0.5) is 0 Å². The first-order valence-corrected chi connectivity index (χ1v) is 7.66. The van der Waals surface area contributed by atoms with Crippen LogP contribution in [0.1, 0.15) is 32.8 Å². The monoisotopic (exact) mass is 251 g/mol. The summed E-state index contributed by atoms with van der Waals surface area (Å²) in [6, 6.07) is 10.7. The Morgan fingerprint density at radius 1 is 1.18 bits per heavy atom. The summed E-state index contributed by atoms with van der Waals surface area (Å²) in [6.45, 7) is 7.92. The lowest BCUT2D eigenvalue weighted by Crippen LogP contribution is -2.40. The van der Waals surface area contributed by atoms with Gasteiger partial charge in [0.1, 0.15) is 0 Å². The Hall–Kier alpha value is -0.470. The third-order valence-electron chi connectivity index (χ3n) is 2.94. The molecule has 0 spiro atoms. The van der Waals surface area contributed by atoms with Crippen molar-refractivity contribution in [3.8, 4) is 0 Å². The van der Waals surface area contributed by atoms with E-state index in [0.717, 1.165) is 13.0 Å². The van der Waals surface area contributed by atoms with E-state index in [1.807, 2.05) is 11.8 Å². The summed E-state index contributed by atoms with van der Waals surface area (Å²) in [5.74, 6) is 2.43. The molecule has 0 heterocycles. The average Bonchev–Trinajstić information content (AvgIpc) is 2.34. The minimum Gasteiger partial charge on any atom is -0.311 e. The molecule has 0 bridgehead atoms. The number of hydrogen-bond donors (Lipinski definition) is 1. The molecule has 0 atom stereocenters. The van der Waals surface area contributed by atoms with Crippen molar-refractivity contribution < 1.29 is 0 Å². The summed E-state index contributed by atoms with van der Waals surface area (Å²) in [4.78, 5) is 0. The minimum atomic E-state index is 0.240. The second kappa shape index (κ2) is 7.78. The first-order chi connectivity index (χ1) is 8.14. The fraction of sp³-hybridized carbons (Fsp3) is 0.600.